The third-order valence-electron chi connectivity index (χ3n) is 7.22. The first-order chi connectivity index (χ1) is 17.9. The molecule has 0 spiro atoms. The SMILES string of the molecule is CNO[C@@H](CO)Cn1c(C(C)(C)C)cc2cc(NC(=O)C3(c4ccc5c(c4)OC(F)(F)O5)CC3)cc(C)c21. The molecule has 1 aliphatic heterocycles. The van der Waals surface area contributed by atoms with Crippen LogP contribution in [0.4, 0.5) is 14.5 Å². The number of carbonyl (C=O) groups excluding carboxylic acids is 1. The van der Waals surface area contributed by atoms with Gasteiger partial charge in [0.05, 0.1) is 24.1 Å². The summed E-state index contributed by atoms with van der Waals surface area (Å²) < 4.78 is 38.2. The van der Waals surface area contributed by atoms with Crippen molar-refractivity contribution < 1.29 is 33.0 Å². The highest BCUT2D eigenvalue weighted by atomic mass is 19.3. The normalized spacial score (nSPS) is 18.0. The summed E-state index contributed by atoms with van der Waals surface area (Å²) in [5.41, 5.74) is 5.99. The molecule has 1 amide bonds. The molecule has 2 aliphatic rings. The number of hydrogen-bond donors (Lipinski definition) is 3. The smallest absolute Gasteiger partial charge is 0.395 e. The third kappa shape index (κ3) is 4.72. The predicted molar refractivity (Wildman–Crippen MR) is 139 cm³/mol. The Morgan fingerprint density at radius 1 is 1.16 bits per heavy atom. The van der Waals surface area contributed by atoms with Crippen molar-refractivity contribution in [2.24, 2.45) is 0 Å². The van der Waals surface area contributed by atoms with Gasteiger partial charge in [-0.2, -0.15) is 0 Å². The van der Waals surface area contributed by atoms with E-state index in [4.69, 9.17) is 4.84 Å². The van der Waals surface area contributed by atoms with Crippen LogP contribution in [0.25, 0.3) is 10.9 Å². The fourth-order valence-corrected chi connectivity index (χ4v) is 5.29. The van der Waals surface area contributed by atoms with E-state index in [1.807, 2.05) is 19.1 Å². The zero-order valence-corrected chi connectivity index (χ0v) is 22.2. The van der Waals surface area contributed by atoms with Gasteiger partial charge in [-0.3, -0.25) is 9.63 Å². The first kappa shape index (κ1) is 26.4. The summed E-state index contributed by atoms with van der Waals surface area (Å²) >= 11 is 0. The minimum absolute atomic E-state index is 0.0428. The van der Waals surface area contributed by atoms with Crippen LogP contribution in [0.15, 0.2) is 36.4 Å². The lowest BCUT2D eigenvalue weighted by atomic mass is 9.92. The fraction of sp³-hybridized carbons (Fsp3) is 0.464. The summed E-state index contributed by atoms with van der Waals surface area (Å²) in [7, 11) is 1.66. The topological polar surface area (TPSA) is 94.0 Å². The first-order valence-electron chi connectivity index (χ1n) is 12.7. The molecule has 2 heterocycles. The number of benzene rings is 2. The van der Waals surface area contributed by atoms with Crippen LogP contribution in [0.2, 0.25) is 0 Å². The van der Waals surface area contributed by atoms with Gasteiger partial charge in [0.15, 0.2) is 11.5 Å². The molecular formula is C28H33F2N3O5. The number of amides is 1. The maximum Gasteiger partial charge on any atom is 0.586 e. The number of ether oxygens (including phenoxy) is 2. The maximum atomic E-state index is 13.5. The number of fused-ring (bicyclic) bond motifs is 2. The standard InChI is InChI=1S/C28H33F2N3O5/c1-16-10-19(11-17-12-23(26(2,3)4)33(24(16)17)14-20(15-34)38-31-5)32-25(35)27(8-9-27)18-6-7-21-22(13-18)37-28(29,30)36-21/h6-7,10-13,20,31,34H,8-9,14-15H2,1-5H3,(H,32,35)/t20-/m1/s1. The summed E-state index contributed by atoms with van der Waals surface area (Å²) in [5, 5.41) is 13.8. The molecule has 2 aromatic carbocycles. The van der Waals surface area contributed by atoms with Crippen LogP contribution in [0.5, 0.6) is 11.5 Å². The monoisotopic (exact) mass is 529 g/mol. The van der Waals surface area contributed by atoms with Gasteiger partial charge in [-0.05, 0) is 61.2 Å². The van der Waals surface area contributed by atoms with Crippen LogP contribution in [0.1, 0.15) is 50.4 Å². The van der Waals surface area contributed by atoms with Crippen LogP contribution < -0.4 is 20.3 Å². The molecule has 204 valence electrons. The minimum Gasteiger partial charge on any atom is -0.395 e. The van der Waals surface area contributed by atoms with E-state index in [2.05, 4.69) is 51.7 Å². The Bertz CT molecular complexity index is 1390. The third-order valence-corrected chi connectivity index (χ3v) is 7.22. The van der Waals surface area contributed by atoms with Crippen LogP contribution >= 0.6 is 0 Å². The number of nitrogens with one attached hydrogen (secondary N) is 2. The summed E-state index contributed by atoms with van der Waals surface area (Å²) in [6, 6.07) is 10.5. The Hall–Kier alpha value is -3.21. The molecule has 0 radical (unpaired) electrons. The molecule has 3 aromatic rings. The number of anilines is 1. The number of hydrogen-bond acceptors (Lipinski definition) is 6. The Kier molecular flexibility index (Phi) is 6.40. The Morgan fingerprint density at radius 3 is 2.50 bits per heavy atom. The number of aliphatic hydroxyl groups is 1. The average Bonchev–Trinajstić information content (AvgIpc) is 3.46. The van der Waals surface area contributed by atoms with Crippen LogP contribution in [0.3, 0.4) is 0 Å². The van der Waals surface area contributed by atoms with E-state index in [1.54, 1.807) is 13.1 Å². The van der Waals surface area contributed by atoms with Crippen molar-refractivity contribution >= 4 is 22.5 Å². The highest BCUT2D eigenvalue weighted by Crippen LogP contribution is 2.52. The van der Waals surface area contributed by atoms with Gasteiger partial charge >= 0.3 is 6.29 Å². The van der Waals surface area contributed by atoms with Gasteiger partial charge in [0.1, 0.15) is 6.10 Å². The Labute approximate surface area is 219 Å². The molecule has 1 aliphatic carbocycles. The molecule has 5 rings (SSSR count). The van der Waals surface area contributed by atoms with Crippen LogP contribution in [-0.2, 0) is 27.0 Å². The minimum atomic E-state index is -3.70. The number of aliphatic hydroxyl groups excluding tert-OH is 1. The molecule has 3 N–H and O–H groups in total. The van der Waals surface area contributed by atoms with E-state index in [0.29, 0.717) is 30.6 Å². The van der Waals surface area contributed by atoms with Crippen molar-refractivity contribution in [2.45, 2.75) is 70.3 Å². The van der Waals surface area contributed by atoms with Gasteiger partial charge in [-0.1, -0.05) is 26.8 Å². The highest BCUT2D eigenvalue weighted by molar-refractivity contribution is 6.03. The van der Waals surface area contributed by atoms with E-state index in [9.17, 15) is 18.7 Å². The van der Waals surface area contributed by atoms with E-state index >= 15 is 0 Å². The zero-order valence-electron chi connectivity index (χ0n) is 22.2. The lowest BCUT2D eigenvalue weighted by molar-refractivity contribution is -0.286. The lowest BCUT2D eigenvalue weighted by Crippen LogP contribution is -2.31. The number of aromatic nitrogens is 1. The fourth-order valence-electron chi connectivity index (χ4n) is 5.29. The van der Waals surface area contributed by atoms with Crippen molar-refractivity contribution in [3.05, 3.63) is 53.2 Å². The van der Waals surface area contributed by atoms with Crippen molar-refractivity contribution in [2.75, 3.05) is 19.0 Å². The van der Waals surface area contributed by atoms with Gasteiger partial charge in [-0.25, -0.2) is 5.48 Å². The second-order valence-electron chi connectivity index (χ2n) is 11.1. The number of alkyl halides is 2. The van der Waals surface area contributed by atoms with E-state index in [-0.39, 0.29) is 29.4 Å². The largest absolute Gasteiger partial charge is 0.586 e. The van der Waals surface area contributed by atoms with Gasteiger partial charge < -0.3 is 24.5 Å². The van der Waals surface area contributed by atoms with Gasteiger partial charge in [0.2, 0.25) is 5.91 Å². The van der Waals surface area contributed by atoms with Crippen LogP contribution in [0, 0.1) is 6.92 Å². The molecular weight excluding hydrogens is 496 g/mol. The summed E-state index contributed by atoms with van der Waals surface area (Å²) in [4.78, 5) is 19.0. The molecule has 1 fully saturated rings. The van der Waals surface area contributed by atoms with Crippen LogP contribution in [-0.4, -0.2) is 41.6 Å². The summed E-state index contributed by atoms with van der Waals surface area (Å²) in [5.74, 6) is -0.304. The molecule has 8 nitrogen and oxygen atoms in total. The summed E-state index contributed by atoms with van der Waals surface area (Å²) in [6.07, 6.45) is -2.93. The van der Waals surface area contributed by atoms with E-state index < -0.39 is 17.8 Å². The number of nitrogens with zero attached hydrogens (tertiary/aromatic N) is 1. The van der Waals surface area contributed by atoms with Gasteiger partial charge in [0, 0.05) is 29.2 Å². The average molecular weight is 530 g/mol. The highest BCUT2D eigenvalue weighted by Gasteiger charge is 2.52. The van der Waals surface area contributed by atoms with Gasteiger partial charge in [0.25, 0.3) is 0 Å². The molecule has 1 saturated carbocycles. The molecule has 1 aromatic heterocycles. The first-order valence-corrected chi connectivity index (χ1v) is 12.7. The molecule has 10 heteroatoms. The second-order valence-corrected chi connectivity index (χ2v) is 11.1. The molecule has 0 bridgehead atoms. The number of hydroxylamine groups is 1. The van der Waals surface area contributed by atoms with Crippen molar-refractivity contribution in [3.63, 3.8) is 0 Å². The zero-order chi connectivity index (χ0) is 27.5. The Balaban J connectivity index is 1.45. The molecule has 0 saturated heterocycles. The number of aryl methyl sites for hydroxylation is 1. The number of rotatable bonds is 8. The maximum absolute atomic E-state index is 13.5. The molecule has 1 atom stereocenters. The number of carbonyl (C=O) groups is 1. The second kappa shape index (κ2) is 9.21. The van der Waals surface area contributed by atoms with Gasteiger partial charge in [-0.15, -0.1) is 8.78 Å². The van der Waals surface area contributed by atoms with Crippen molar-refractivity contribution in [1.29, 1.82) is 0 Å². The number of halogens is 2. The quantitative estimate of drug-likeness (QED) is 0.365. The van der Waals surface area contributed by atoms with Crippen molar-refractivity contribution in [1.82, 2.24) is 10.0 Å². The Morgan fingerprint density at radius 2 is 1.87 bits per heavy atom. The lowest BCUT2D eigenvalue weighted by Gasteiger charge is -2.25. The van der Waals surface area contributed by atoms with E-state index in [1.165, 1.54) is 12.1 Å². The molecule has 38 heavy (non-hydrogen) atoms. The van der Waals surface area contributed by atoms with Crippen molar-refractivity contribution in [3.8, 4) is 11.5 Å². The predicted octanol–water partition coefficient (Wildman–Crippen LogP) is 4.75. The summed E-state index contributed by atoms with van der Waals surface area (Å²) in [6.45, 7) is 8.67. The van der Waals surface area contributed by atoms with E-state index in [0.717, 1.165) is 22.2 Å². The molecule has 0 unspecified atom stereocenters.